The van der Waals surface area contributed by atoms with Gasteiger partial charge in [0, 0.05) is 6.04 Å². The molecule has 2 N–H and O–H groups in total. The quantitative estimate of drug-likeness (QED) is 0.857. The van der Waals surface area contributed by atoms with Gasteiger partial charge in [-0.3, -0.25) is 0 Å². The Morgan fingerprint density at radius 1 is 1.17 bits per heavy atom. The topological polar surface area (TPSA) is 26.0 Å². The van der Waals surface area contributed by atoms with Gasteiger partial charge in [0.05, 0.1) is 5.56 Å². The van der Waals surface area contributed by atoms with Crippen LogP contribution in [0, 0.1) is 5.92 Å². The second kappa shape index (κ2) is 5.31. The fraction of sp³-hybridized carbons (Fsp3) is 0.571. The molecule has 0 radical (unpaired) electrons. The van der Waals surface area contributed by atoms with E-state index in [1.807, 2.05) is 0 Å². The van der Waals surface area contributed by atoms with Crippen molar-refractivity contribution in [3.8, 4) is 0 Å². The summed E-state index contributed by atoms with van der Waals surface area (Å²) in [6, 6.07) is 6.02. The van der Waals surface area contributed by atoms with Crippen molar-refractivity contribution >= 4 is 0 Å². The lowest BCUT2D eigenvalue weighted by atomic mass is 9.81. The van der Waals surface area contributed by atoms with Gasteiger partial charge in [-0.1, -0.05) is 31.0 Å². The fourth-order valence-electron chi connectivity index (χ4n) is 2.80. The predicted octanol–water partition coefficient (Wildman–Crippen LogP) is 3.77. The van der Waals surface area contributed by atoms with Crippen molar-refractivity contribution in [2.45, 2.75) is 44.3 Å². The largest absolute Gasteiger partial charge is 0.416 e. The first-order valence-corrected chi connectivity index (χ1v) is 6.37. The van der Waals surface area contributed by atoms with E-state index in [1.165, 1.54) is 6.07 Å². The first-order valence-electron chi connectivity index (χ1n) is 6.37. The lowest BCUT2D eigenvalue weighted by Gasteiger charge is -2.27. The minimum atomic E-state index is -4.26. The molecule has 2 unspecified atom stereocenters. The normalized spacial score (nSPS) is 25.1. The molecule has 1 aliphatic carbocycles. The standard InChI is InChI=1S/C14H18F3N/c15-14(16,17)13-7-2-1-5-11(13)8-10-4-3-6-12(18)9-10/h1-2,5,7,10,12H,3-4,6,8-9,18H2. The molecule has 0 heterocycles. The minimum absolute atomic E-state index is 0.154. The van der Waals surface area contributed by atoms with Crippen molar-refractivity contribution < 1.29 is 13.2 Å². The van der Waals surface area contributed by atoms with Gasteiger partial charge in [-0.15, -0.1) is 0 Å². The smallest absolute Gasteiger partial charge is 0.328 e. The van der Waals surface area contributed by atoms with E-state index < -0.39 is 11.7 Å². The van der Waals surface area contributed by atoms with E-state index >= 15 is 0 Å². The molecule has 0 aromatic heterocycles. The Morgan fingerprint density at radius 3 is 2.56 bits per heavy atom. The highest BCUT2D eigenvalue weighted by Crippen LogP contribution is 2.34. The monoisotopic (exact) mass is 257 g/mol. The third kappa shape index (κ3) is 3.25. The number of alkyl halides is 3. The number of rotatable bonds is 2. The Labute approximate surface area is 105 Å². The highest BCUT2D eigenvalue weighted by atomic mass is 19.4. The molecule has 18 heavy (non-hydrogen) atoms. The molecular weight excluding hydrogens is 239 g/mol. The maximum absolute atomic E-state index is 12.9. The second-order valence-electron chi connectivity index (χ2n) is 5.15. The molecule has 1 aromatic carbocycles. The van der Waals surface area contributed by atoms with E-state index in [0.717, 1.165) is 31.7 Å². The lowest BCUT2D eigenvalue weighted by molar-refractivity contribution is -0.138. The number of benzene rings is 1. The first-order chi connectivity index (χ1) is 8.47. The molecule has 0 spiro atoms. The van der Waals surface area contributed by atoms with Crippen LogP contribution >= 0.6 is 0 Å². The summed E-state index contributed by atoms with van der Waals surface area (Å²) >= 11 is 0. The van der Waals surface area contributed by atoms with Gasteiger partial charge in [0.25, 0.3) is 0 Å². The summed E-state index contributed by atoms with van der Waals surface area (Å²) in [6.45, 7) is 0. The van der Waals surface area contributed by atoms with Crippen molar-refractivity contribution in [3.05, 3.63) is 35.4 Å². The first kappa shape index (κ1) is 13.4. The zero-order valence-corrected chi connectivity index (χ0v) is 10.2. The van der Waals surface area contributed by atoms with Gasteiger partial charge >= 0.3 is 6.18 Å². The maximum Gasteiger partial charge on any atom is 0.416 e. The van der Waals surface area contributed by atoms with E-state index in [-0.39, 0.29) is 12.0 Å². The average Bonchev–Trinajstić information content (AvgIpc) is 2.28. The lowest BCUT2D eigenvalue weighted by Crippen LogP contribution is -2.29. The third-order valence-corrected chi connectivity index (χ3v) is 3.65. The number of hydrogen-bond acceptors (Lipinski definition) is 1. The van der Waals surface area contributed by atoms with Gasteiger partial charge in [-0.05, 0) is 36.8 Å². The van der Waals surface area contributed by atoms with Crippen LogP contribution in [0.3, 0.4) is 0 Å². The molecule has 0 aliphatic heterocycles. The zero-order chi connectivity index (χ0) is 13.2. The van der Waals surface area contributed by atoms with Gasteiger partial charge in [0.2, 0.25) is 0 Å². The van der Waals surface area contributed by atoms with E-state index in [0.29, 0.717) is 12.0 Å². The molecule has 2 atom stereocenters. The van der Waals surface area contributed by atoms with Gasteiger partial charge in [-0.2, -0.15) is 13.2 Å². The summed E-state index contributed by atoms with van der Waals surface area (Å²) in [6.07, 6.45) is 0.0836. The Bertz CT molecular complexity index is 400. The molecule has 1 saturated carbocycles. The van der Waals surface area contributed by atoms with E-state index in [4.69, 9.17) is 5.73 Å². The van der Waals surface area contributed by atoms with Crippen LogP contribution < -0.4 is 5.73 Å². The Balaban J connectivity index is 2.13. The number of halogens is 3. The molecular formula is C14H18F3N. The Hall–Kier alpha value is -1.03. The molecule has 2 rings (SSSR count). The Kier molecular flexibility index (Phi) is 3.95. The molecule has 1 aliphatic rings. The number of hydrogen-bond donors (Lipinski definition) is 1. The highest BCUT2D eigenvalue weighted by molar-refractivity contribution is 5.30. The highest BCUT2D eigenvalue weighted by Gasteiger charge is 2.33. The molecule has 0 bridgehead atoms. The van der Waals surface area contributed by atoms with Crippen LogP contribution in [0.25, 0.3) is 0 Å². The van der Waals surface area contributed by atoms with Crippen molar-refractivity contribution in [2.75, 3.05) is 0 Å². The van der Waals surface area contributed by atoms with E-state index in [2.05, 4.69) is 0 Å². The van der Waals surface area contributed by atoms with E-state index in [1.54, 1.807) is 12.1 Å². The summed E-state index contributed by atoms with van der Waals surface area (Å²) in [4.78, 5) is 0. The molecule has 100 valence electrons. The summed E-state index contributed by atoms with van der Waals surface area (Å²) in [5, 5.41) is 0. The van der Waals surface area contributed by atoms with Gasteiger partial charge in [0.15, 0.2) is 0 Å². The molecule has 0 amide bonds. The van der Waals surface area contributed by atoms with Crippen LogP contribution in [0.15, 0.2) is 24.3 Å². The Morgan fingerprint density at radius 2 is 1.89 bits per heavy atom. The molecule has 1 fully saturated rings. The third-order valence-electron chi connectivity index (χ3n) is 3.65. The average molecular weight is 257 g/mol. The van der Waals surface area contributed by atoms with Crippen molar-refractivity contribution in [1.29, 1.82) is 0 Å². The van der Waals surface area contributed by atoms with Crippen LogP contribution in [0.1, 0.15) is 36.8 Å². The molecule has 1 nitrogen and oxygen atoms in total. The van der Waals surface area contributed by atoms with Crippen LogP contribution in [0.2, 0.25) is 0 Å². The number of nitrogens with two attached hydrogens (primary N) is 1. The van der Waals surface area contributed by atoms with E-state index in [9.17, 15) is 13.2 Å². The summed E-state index contributed by atoms with van der Waals surface area (Å²) < 4.78 is 38.6. The maximum atomic E-state index is 12.9. The summed E-state index contributed by atoms with van der Waals surface area (Å²) in [5.74, 6) is 0.289. The molecule has 4 heteroatoms. The predicted molar refractivity (Wildman–Crippen MR) is 65.1 cm³/mol. The zero-order valence-electron chi connectivity index (χ0n) is 10.2. The van der Waals surface area contributed by atoms with Crippen LogP contribution in [0.4, 0.5) is 13.2 Å². The summed E-state index contributed by atoms with van der Waals surface area (Å²) in [7, 11) is 0. The van der Waals surface area contributed by atoms with Gasteiger partial charge in [0.1, 0.15) is 0 Å². The van der Waals surface area contributed by atoms with Gasteiger partial charge < -0.3 is 5.73 Å². The summed E-state index contributed by atoms with van der Waals surface area (Å²) in [5.41, 5.74) is 5.79. The fourth-order valence-corrected chi connectivity index (χ4v) is 2.80. The van der Waals surface area contributed by atoms with Crippen molar-refractivity contribution in [3.63, 3.8) is 0 Å². The molecule has 1 aromatic rings. The van der Waals surface area contributed by atoms with Gasteiger partial charge in [-0.25, -0.2) is 0 Å². The van der Waals surface area contributed by atoms with Crippen molar-refractivity contribution in [2.24, 2.45) is 11.7 Å². The molecule has 0 saturated heterocycles. The van der Waals surface area contributed by atoms with Crippen LogP contribution in [0.5, 0.6) is 0 Å². The van der Waals surface area contributed by atoms with Crippen LogP contribution in [-0.2, 0) is 12.6 Å². The minimum Gasteiger partial charge on any atom is -0.328 e. The second-order valence-corrected chi connectivity index (χ2v) is 5.15. The van der Waals surface area contributed by atoms with Crippen molar-refractivity contribution in [1.82, 2.24) is 0 Å². The SMILES string of the molecule is NC1CCCC(Cc2ccccc2C(F)(F)F)C1. The van der Waals surface area contributed by atoms with Crippen LogP contribution in [-0.4, -0.2) is 6.04 Å².